The predicted molar refractivity (Wildman–Crippen MR) is 44.1 cm³/mol. The molecule has 1 N–H and O–H groups in total. The number of aliphatic hydroxyl groups excluding tert-OH is 1. The number of alkyl halides is 1. The van der Waals surface area contributed by atoms with E-state index in [1.807, 2.05) is 0 Å². The van der Waals surface area contributed by atoms with Crippen molar-refractivity contribution in [2.45, 2.75) is 25.3 Å². The molecule has 72 valence electrons. The predicted octanol–water partition coefficient (Wildman–Crippen LogP) is 1.50. The molecule has 5 heteroatoms. The molecule has 0 amide bonds. The normalized spacial score (nSPS) is 12.2. The number of hydrogen-bond acceptors (Lipinski definition) is 4. The summed E-state index contributed by atoms with van der Waals surface area (Å²) in [4.78, 5) is 10.6. The van der Waals surface area contributed by atoms with Crippen molar-refractivity contribution in [1.29, 1.82) is 0 Å². The zero-order valence-electron chi connectivity index (χ0n) is 6.96. The number of carbonyl (C=O) groups excluding carboxylic acids is 1. The smallest absolute Gasteiger partial charge is 0.434 e. The van der Waals surface area contributed by atoms with Gasteiger partial charge in [-0.1, -0.05) is 11.6 Å². The van der Waals surface area contributed by atoms with Gasteiger partial charge in [-0.3, -0.25) is 0 Å². The van der Waals surface area contributed by atoms with Crippen molar-refractivity contribution in [3.8, 4) is 0 Å². The van der Waals surface area contributed by atoms with E-state index >= 15 is 0 Å². The van der Waals surface area contributed by atoms with E-state index in [1.165, 1.54) is 6.92 Å². The highest BCUT2D eigenvalue weighted by molar-refractivity contribution is 6.19. The fourth-order valence-electron chi connectivity index (χ4n) is 0.536. The van der Waals surface area contributed by atoms with Crippen molar-refractivity contribution in [1.82, 2.24) is 0 Å². The molecule has 0 radical (unpaired) electrons. The summed E-state index contributed by atoms with van der Waals surface area (Å²) in [5, 5.41) is 8.38. The highest BCUT2D eigenvalue weighted by Gasteiger charge is 2.06. The minimum atomic E-state index is -0.768. The van der Waals surface area contributed by atoms with Crippen LogP contribution in [0.15, 0.2) is 0 Å². The van der Waals surface area contributed by atoms with Crippen LogP contribution < -0.4 is 0 Å². The maximum atomic E-state index is 10.6. The maximum Gasteiger partial charge on any atom is 0.509 e. The third-order valence-electron chi connectivity index (χ3n) is 1.03. The molecule has 0 heterocycles. The Morgan fingerprint density at radius 2 is 2.25 bits per heavy atom. The quantitative estimate of drug-likeness (QED) is 0.411. The summed E-state index contributed by atoms with van der Waals surface area (Å²) in [6.45, 7) is 1.88. The molecule has 0 saturated heterocycles. The number of unbranched alkanes of at least 4 members (excludes halogenated alkanes) is 1. The highest BCUT2D eigenvalue weighted by atomic mass is 35.5. The molecule has 1 unspecified atom stereocenters. The van der Waals surface area contributed by atoms with Gasteiger partial charge in [0.1, 0.15) is 0 Å². The summed E-state index contributed by atoms with van der Waals surface area (Å²) in [5.74, 6) is 0. The Morgan fingerprint density at radius 3 is 2.75 bits per heavy atom. The van der Waals surface area contributed by atoms with Crippen LogP contribution in [0, 0.1) is 0 Å². The fraction of sp³-hybridized carbons (Fsp3) is 0.857. The van der Waals surface area contributed by atoms with Gasteiger partial charge in [0.25, 0.3) is 0 Å². The van der Waals surface area contributed by atoms with Crippen molar-refractivity contribution >= 4 is 17.8 Å². The van der Waals surface area contributed by atoms with E-state index in [4.69, 9.17) is 16.7 Å². The number of ether oxygens (including phenoxy) is 2. The van der Waals surface area contributed by atoms with Crippen LogP contribution in [0.5, 0.6) is 0 Å². The zero-order valence-corrected chi connectivity index (χ0v) is 7.71. The van der Waals surface area contributed by atoms with Gasteiger partial charge in [-0.15, -0.1) is 0 Å². The lowest BCUT2D eigenvalue weighted by molar-refractivity contribution is 0.0478. The average molecular weight is 197 g/mol. The van der Waals surface area contributed by atoms with Gasteiger partial charge < -0.3 is 14.6 Å². The van der Waals surface area contributed by atoms with Crippen molar-refractivity contribution < 1.29 is 19.4 Å². The van der Waals surface area contributed by atoms with E-state index in [2.05, 4.69) is 9.47 Å². The molecule has 0 aliphatic carbocycles. The van der Waals surface area contributed by atoms with E-state index in [-0.39, 0.29) is 13.2 Å². The van der Waals surface area contributed by atoms with Gasteiger partial charge in [-0.25, -0.2) is 4.79 Å². The molecule has 0 spiro atoms. The Balaban J connectivity index is 3.20. The summed E-state index contributed by atoms with van der Waals surface area (Å²) >= 11 is 5.35. The van der Waals surface area contributed by atoms with Gasteiger partial charge in [0.15, 0.2) is 5.56 Å². The maximum absolute atomic E-state index is 10.6. The second-order valence-corrected chi connectivity index (χ2v) is 2.80. The Bertz CT molecular complexity index is 127. The number of halogens is 1. The molecule has 0 bridgehead atoms. The minimum Gasteiger partial charge on any atom is -0.434 e. The zero-order chi connectivity index (χ0) is 9.40. The summed E-state index contributed by atoms with van der Waals surface area (Å²) < 4.78 is 9.07. The van der Waals surface area contributed by atoms with Gasteiger partial charge in [0, 0.05) is 6.61 Å². The summed E-state index contributed by atoms with van der Waals surface area (Å²) in [6.07, 6.45) is 0.474. The summed E-state index contributed by atoms with van der Waals surface area (Å²) in [6, 6.07) is 0. The number of rotatable bonds is 5. The van der Waals surface area contributed by atoms with Crippen LogP contribution in [0.25, 0.3) is 0 Å². The van der Waals surface area contributed by atoms with Crippen LogP contribution in [0.4, 0.5) is 4.79 Å². The largest absolute Gasteiger partial charge is 0.509 e. The van der Waals surface area contributed by atoms with Crippen molar-refractivity contribution in [3.05, 3.63) is 0 Å². The Labute approximate surface area is 76.4 Å². The van der Waals surface area contributed by atoms with Crippen molar-refractivity contribution in [2.75, 3.05) is 13.2 Å². The molecule has 0 aromatic carbocycles. The standard InChI is InChI=1S/C7H13ClO4/c1-6(8)12-7(10)11-5-3-2-4-9/h6,9H,2-5H2,1H3. The lowest BCUT2D eigenvalue weighted by Gasteiger charge is -2.06. The monoisotopic (exact) mass is 196 g/mol. The number of hydrogen-bond donors (Lipinski definition) is 1. The van der Waals surface area contributed by atoms with Crippen LogP contribution in [0.3, 0.4) is 0 Å². The van der Waals surface area contributed by atoms with E-state index in [0.717, 1.165) is 0 Å². The number of aliphatic hydroxyl groups is 1. The summed E-state index contributed by atoms with van der Waals surface area (Å²) in [7, 11) is 0. The Kier molecular flexibility index (Phi) is 6.90. The first-order valence-electron chi connectivity index (χ1n) is 3.75. The lowest BCUT2D eigenvalue weighted by atomic mass is 10.3. The molecular formula is C7H13ClO4. The van der Waals surface area contributed by atoms with Crippen LogP contribution in [-0.2, 0) is 9.47 Å². The first kappa shape index (κ1) is 11.5. The molecule has 0 aromatic heterocycles. The molecule has 0 aliphatic heterocycles. The van der Waals surface area contributed by atoms with Gasteiger partial charge in [0.05, 0.1) is 6.61 Å². The average Bonchev–Trinajstić information content (AvgIpc) is 1.97. The summed E-state index contributed by atoms with van der Waals surface area (Å²) in [5.41, 5.74) is -0.671. The third kappa shape index (κ3) is 7.63. The first-order valence-corrected chi connectivity index (χ1v) is 4.18. The molecule has 0 aromatic rings. The van der Waals surface area contributed by atoms with E-state index in [9.17, 15) is 4.79 Å². The number of carbonyl (C=O) groups is 1. The minimum absolute atomic E-state index is 0.102. The van der Waals surface area contributed by atoms with Crippen LogP contribution in [0.1, 0.15) is 19.8 Å². The van der Waals surface area contributed by atoms with Crippen LogP contribution >= 0.6 is 11.6 Å². The SMILES string of the molecule is CC(Cl)OC(=O)OCCCCO. The molecule has 0 aliphatic rings. The second kappa shape index (κ2) is 7.18. The lowest BCUT2D eigenvalue weighted by Crippen LogP contribution is -2.12. The van der Waals surface area contributed by atoms with E-state index in [1.54, 1.807) is 0 Å². The van der Waals surface area contributed by atoms with Gasteiger partial charge in [0.2, 0.25) is 0 Å². The van der Waals surface area contributed by atoms with E-state index in [0.29, 0.717) is 12.8 Å². The molecule has 0 fully saturated rings. The fourth-order valence-corrected chi connectivity index (χ4v) is 0.609. The topological polar surface area (TPSA) is 55.8 Å². The van der Waals surface area contributed by atoms with Crippen LogP contribution in [0.2, 0.25) is 0 Å². The Morgan fingerprint density at radius 1 is 1.58 bits per heavy atom. The van der Waals surface area contributed by atoms with Gasteiger partial charge in [-0.05, 0) is 19.8 Å². The molecular weight excluding hydrogens is 184 g/mol. The van der Waals surface area contributed by atoms with Crippen LogP contribution in [-0.4, -0.2) is 30.0 Å². The molecule has 4 nitrogen and oxygen atoms in total. The molecule has 0 saturated carbocycles. The second-order valence-electron chi connectivity index (χ2n) is 2.19. The molecule has 12 heavy (non-hydrogen) atoms. The van der Waals surface area contributed by atoms with Crippen molar-refractivity contribution in [2.24, 2.45) is 0 Å². The third-order valence-corrected chi connectivity index (χ3v) is 1.12. The van der Waals surface area contributed by atoms with Crippen molar-refractivity contribution in [3.63, 3.8) is 0 Å². The van der Waals surface area contributed by atoms with Gasteiger partial charge in [-0.2, -0.15) is 0 Å². The van der Waals surface area contributed by atoms with Gasteiger partial charge >= 0.3 is 6.16 Å². The van der Waals surface area contributed by atoms with E-state index < -0.39 is 11.7 Å². The Hall–Kier alpha value is -0.480. The molecule has 0 rings (SSSR count). The molecule has 1 atom stereocenters. The highest BCUT2D eigenvalue weighted by Crippen LogP contribution is 1.99. The first-order chi connectivity index (χ1) is 5.66.